The summed E-state index contributed by atoms with van der Waals surface area (Å²) in [4.78, 5) is 13.0. The fourth-order valence-electron chi connectivity index (χ4n) is 4.44. The van der Waals surface area contributed by atoms with Gasteiger partial charge in [0, 0.05) is 31.8 Å². The molecule has 160 valence electrons. The van der Waals surface area contributed by atoms with Gasteiger partial charge in [-0.25, -0.2) is 8.42 Å². The summed E-state index contributed by atoms with van der Waals surface area (Å²) >= 11 is 0. The van der Waals surface area contributed by atoms with Crippen molar-refractivity contribution in [1.82, 2.24) is 9.31 Å². The Morgan fingerprint density at radius 3 is 2.55 bits per heavy atom. The Morgan fingerprint density at radius 1 is 1.24 bits per heavy atom. The van der Waals surface area contributed by atoms with Crippen molar-refractivity contribution in [3.63, 3.8) is 0 Å². The lowest BCUT2D eigenvalue weighted by Crippen LogP contribution is -2.46. The Bertz CT molecular complexity index is 864. The maximum absolute atomic E-state index is 13.6. The van der Waals surface area contributed by atoms with Gasteiger partial charge in [-0.3, -0.25) is 4.79 Å². The summed E-state index contributed by atoms with van der Waals surface area (Å²) in [6, 6.07) is 5.70. The van der Waals surface area contributed by atoms with Crippen molar-refractivity contribution >= 4 is 21.7 Å². The molecular formula is C21H31N3O4S. The molecule has 3 atom stereocenters. The zero-order valence-corrected chi connectivity index (χ0v) is 18.5. The first-order valence-corrected chi connectivity index (χ1v) is 11.7. The van der Waals surface area contributed by atoms with E-state index in [9.17, 15) is 13.2 Å². The van der Waals surface area contributed by atoms with Gasteiger partial charge in [0.1, 0.15) is 6.04 Å². The van der Waals surface area contributed by atoms with E-state index in [-0.39, 0.29) is 23.5 Å². The molecule has 0 aromatic heterocycles. The third-order valence-electron chi connectivity index (χ3n) is 5.67. The molecule has 1 heterocycles. The van der Waals surface area contributed by atoms with E-state index in [2.05, 4.69) is 5.10 Å². The Hall–Kier alpha value is -1.93. The minimum absolute atomic E-state index is 0.0745. The molecule has 0 N–H and O–H groups in total. The number of nitrogens with zero attached hydrogens (tertiary/aromatic N) is 3. The van der Waals surface area contributed by atoms with Gasteiger partial charge in [-0.15, -0.1) is 0 Å². The summed E-state index contributed by atoms with van der Waals surface area (Å²) in [5.74, 6) is -0.546. The van der Waals surface area contributed by atoms with Gasteiger partial charge in [-0.2, -0.15) is 9.41 Å². The molecule has 3 rings (SSSR count). The predicted octanol–water partition coefficient (Wildman–Crippen LogP) is 2.80. The minimum atomic E-state index is -3.84. The molecule has 0 bridgehead atoms. The summed E-state index contributed by atoms with van der Waals surface area (Å²) in [5.41, 5.74) is 1.97. The largest absolute Gasteiger partial charge is 0.465 e. The highest BCUT2D eigenvalue weighted by Gasteiger charge is 2.52. The molecule has 29 heavy (non-hydrogen) atoms. The van der Waals surface area contributed by atoms with Crippen LogP contribution < -0.4 is 0 Å². The van der Waals surface area contributed by atoms with Crippen molar-refractivity contribution in [2.24, 2.45) is 11.0 Å². The smallest absolute Gasteiger partial charge is 0.324 e. The molecule has 1 aliphatic carbocycles. The van der Waals surface area contributed by atoms with Crippen molar-refractivity contribution in [2.75, 3.05) is 20.7 Å². The molecular weight excluding hydrogens is 390 g/mol. The second-order valence-electron chi connectivity index (χ2n) is 8.01. The first-order chi connectivity index (χ1) is 13.8. The van der Waals surface area contributed by atoms with E-state index in [1.54, 1.807) is 36.2 Å². The van der Waals surface area contributed by atoms with Crippen LogP contribution in [0.25, 0.3) is 0 Å². The number of hydrogen-bond acceptors (Lipinski definition) is 6. The molecule has 7 nitrogen and oxygen atoms in total. The molecule has 0 unspecified atom stereocenters. The number of carbonyl (C=O) groups excluding carboxylic acids is 1. The van der Waals surface area contributed by atoms with Gasteiger partial charge in [-0.05, 0) is 51.7 Å². The molecule has 8 heteroatoms. The summed E-state index contributed by atoms with van der Waals surface area (Å²) in [5, 5.41) is 6.41. The molecule has 0 radical (unpaired) electrons. The van der Waals surface area contributed by atoms with E-state index in [1.165, 1.54) is 4.31 Å². The van der Waals surface area contributed by atoms with E-state index in [4.69, 9.17) is 4.74 Å². The van der Waals surface area contributed by atoms with Gasteiger partial charge in [0.2, 0.25) is 10.0 Å². The highest BCUT2D eigenvalue weighted by atomic mass is 32.2. The zero-order valence-electron chi connectivity index (χ0n) is 17.7. The van der Waals surface area contributed by atoms with Crippen LogP contribution in [-0.4, -0.2) is 62.2 Å². The summed E-state index contributed by atoms with van der Waals surface area (Å²) in [6.07, 6.45) is 3.85. The number of esters is 1. The van der Waals surface area contributed by atoms with Crippen LogP contribution >= 0.6 is 0 Å². The fourth-order valence-corrected chi connectivity index (χ4v) is 6.28. The number of aryl methyl sites for hydroxylation is 1. The van der Waals surface area contributed by atoms with Crippen LogP contribution in [0.2, 0.25) is 0 Å². The van der Waals surface area contributed by atoms with Crippen LogP contribution in [0.5, 0.6) is 0 Å². The van der Waals surface area contributed by atoms with Crippen LogP contribution in [0.4, 0.5) is 0 Å². The molecule has 2 fully saturated rings. The topological polar surface area (TPSA) is 79.3 Å². The summed E-state index contributed by atoms with van der Waals surface area (Å²) in [7, 11) is -0.109. The number of sulfonamides is 1. The second-order valence-corrected chi connectivity index (χ2v) is 9.85. The number of hydrazone groups is 1. The molecule has 1 saturated heterocycles. The Morgan fingerprint density at radius 2 is 1.93 bits per heavy atom. The lowest BCUT2D eigenvalue weighted by molar-refractivity contribution is -0.147. The molecule has 0 spiro atoms. The number of carbonyl (C=O) groups is 1. The van der Waals surface area contributed by atoms with Crippen LogP contribution in [-0.2, 0) is 19.6 Å². The minimum Gasteiger partial charge on any atom is -0.465 e. The lowest BCUT2D eigenvalue weighted by atomic mass is 9.92. The number of benzene rings is 1. The highest BCUT2D eigenvalue weighted by molar-refractivity contribution is 7.89. The second kappa shape index (κ2) is 8.83. The van der Waals surface area contributed by atoms with Gasteiger partial charge in [0.25, 0.3) is 0 Å². The summed E-state index contributed by atoms with van der Waals surface area (Å²) in [6.45, 7) is 3.88. The average molecular weight is 422 g/mol. The fraction of sp³-hybridized carbons (Fsp3) is 0.619. The SMILES string of the molecule is CCOC(=O)[C@H]1C[C@H]2/C(=N/N(C)C)CCCC[C@H]2N1S(=O)(=O)c1ccc(C)cc1. The third kappa shape index (κ3) is 4.48. The van der Waals surface area contributed by atoms with Gasteiger partial charge in [-0.1, -0.05) is 24.1 Å². The predicted molar refractivity (Wildman–Crippen MR) is 112 cm³/mol. The first-order valence-electron chi connectivity index (χ1n) is 10.3. The van der Waals surface area contributed by atoms with Crippen molar-refractivity contribution < 1.29 is 17.9 Å². The Balaban J connectivity index is 2.07. The normalized spacial score (nSPS) is 26.8. The molecule has 1 aromatic rings. The van der Waals surface area contributed by atoms with Gasteiger partial charge in [0.15, 0.2) is 0 Å². The standard InChI is InChI=1S/C21H31N3O4S/c1-5-28-21(25)20-14-17-18(22-23(3)4)8-6-7-9-19(17)24(20)29(26,27)16-12-10-15(2)11-13-16/h10-13,17,19-20H,5-9,14H2,1-4H3/b22-18+/t17-,19+,20+/m0/s1. The van der Waals surface area contributed by atoms with Crippen molar-refractivity contribution in [2.45, 2.75) is 62.9 Å². The van der Waals surface area contributed by atoms with E-state index in [0.717, 1.165) is 37.0 Å². The van der Waals surface area contributed by atoms with Gasteiger partial charge < -0.3 is 9.75 Å². The quantitative estimate of drug-likeness (QED) is 0.540. The van der Waals surface area contributed by atoms with E-state index in [0.29, 0.717) is 6.42 Å². The Kier molecular flexibility index (Phi) is 6.63. The Labute approximate surface area is 173 Å². The maximum atomic E-state index is 13.6. The average Bonchev–Trinajstić information content (AvgIpc) is 2.95. The summed E-state index contributed by atoms with van der Waals surface area (Å²) < 4.78 is 33.9. The number of fused-ring (bicyclic) bond motifs is 1. The monoisotopic (exact) mass is 421 g/mol. The lowest BCUT2D eigenvalue weighted by Gasteiger charge is -2.29. The molecule has 1 aliphatic heterocycles. The van der Waals surface area contributed by atoms with E-state index in [1.807, 2.05) is 21.0 Å². The number of hydrogen-bond donors (Lipinski definition) is 0. The molecule has 2 aliphatic rings. The molecule has 1 aromatic carbocycles. The van der Waals surface area contributed by atoms with E-state index < -0.39 is 22.0 Å². The first kappa shape index (κ1) is 21.8. The van der Waals surface area contributed by atoms with E-state index >= 15 is 0 Å². The van der Waals surface area contributed by atoms with Gasteiger partial charge in [0.05, 0.1) is 11.5 Å². The van der Waals surface area contributed by atoms with Crippen LogP contribution in [0, 0.1) is 12.8 Å². The zero-order chi connectivity index (χ0) is 21.2. The van der Waals surface area contributed by atoms with Crippen LogP contribution in [0.3, 0.4) is 0 Å². The highest BCUT2D eigenvalue weighted by Crippen LogP contribution is 2.41. The third-order valence-corrected chi connectivity index (χ3v) is 7.62. The molecule has 1 saturated carbocycles. The van der Waals surface area contributed by atoms with Gasteiger partial charge >= 0.3 is 5.97 Å². The van der Waals surface area contributed by atoms with Crippen LogP contribution in [0.1, 0.15) is 44.6 Å². The van der Waals surface area contributed by atoms with Crippen molar-refractivity contribution in [3.8, 4) is 0 Å². The molecule has 0 amide bonds. The number of ether oxygens (including phenoxy) is 1. The van der Waals surface area contributed by atoms with Crippen molar-refractivity contribution in [1.29, 1.82) is 0 Å². The van der Waals surface area contributed by atoms with Crippen LogP contribution in [0.15, 0.2) is 34.3 Å². The number of rotatable bonds is 5. The van der Waals surface area contributed by atoms with Crippen molar-refractivity contribution in [3.05, 3.63) is 29.8 Å². The maximum Gasteiger partial charge on any atom is 0.324 e.